The molecule has 1 saturated carbocycles. The number of anilines is 1. The van der Waals surface area contributed by atoms with Crippen LogP contribution >= 0.6 is 0 Å². The quantitative estimate of drug-likeness (QED) is 0.550. The molecule has 0 spiro atoms. The van der Waals surface area contributed by atoms with Crippen molar-refractivity contribution in [2.45, 2.75) is 56.5 Å². The van der Waals surface area contributed by atoms with Gasteiger partial charge in [-0.15, -0.1) is 0 Å². The molecule has 1 aromatic carbocycles. The van der Waals surface area contributed by atoms with E-state index in [1.165, 1.54) is 6.42 Å². The highest BCUT2D eigenvalue weighted by Gasteiger charge is 2.32. The van der Waals surface area contributed by atoms with Gasteiger partial charge < -0.3 is 25.3 Å². The zero-order chi connectivity index (χ0) is 17.5. The van der Waals surface area contributed by atoms with Gasteiger partial charge in [0.15, 0.2) is 5.78 Å². The molecule has 24 heavy (non-hydrogen) atoms. The van der Waals surface area contributed by atoms with E-state index in [0.29, 0.717) is 0 Å². The van der Waals surface area contributed by atoms with Crippen molar-refractivity contribution < 1.29 is 25.2 Å². The Morgan fingerprint density at radius 1 is 1.08 bits per heavy atom. The maximum absolute atomic E-state index is 12.4. The van der Waals surface area contributed by atoms with Gasteiger partial charge in [0.05, 0.1) is 13.2 Å². The van der Waals surface area contributed by atoms with Gasteiger partial charge in [-0.05, 0) is 25.0 Å². The second-order valence-electron chi connectivity index (χ2n) is 6.41. The zero-order valence-electron chi connectivity index (χ0n) is 13.8. The summed E-state index contributed by atoms with van der Waals surface area (Å²) in [5.41, 5.74) is 0.905. The molecule has 6 heteroatoms. The Morgan fingerprint density at radius 2 is 1.71 bits per heavy atom. The average Bonchev–Trinajstić information content (AvgIpc) is 2.65. The summed E-state index contributed by atoms with van der Waals surface area (Å²) in [7, 11) is 0. The van der Waals surface area contributed by atoms with Crippen molar-refractivity contribution in [1.82, 2.24) is 0 Å². The molecule has 0 aromatic heterocycles. The van der Waals surface area contributed by atoms with Crippen molar-refractivity contribution in [3.05, 3.63) is 30.3 Å². The minimum absolute atomic E-state index is 0.0367. The molecule has 0 amide bonds. The summed E-state index contributed by atoms with van der Waals surface area (Å²) in [6, 6.07) is 9.77. The summed E-state index contributed by atoms with van der Waals surface area (Å²) in [5, 5.41) is 38.0. The molecule has 0 saturated heterocycles. The number of hydrogen-bond donors (Lipinski definition) is 4. The highest BCUT2D eigenvalue weighted by molar-refractivity contribution is 5.88. The molecule has 3 atom stereocenters. The first-order valence-electron chi connectivity index (χ1n) is 8.54. The van der Waals surface area contributed by atoms with Crippen LogP contribution in [0.5, 0.6) is 0 Å². The van der Waals surface area contributed by atoms with E-state index < -0.39 is 30.7 Å². The molecule has 0 heterocycles. The maximum atomic E-state index is 12.4. The van der Waals surface area contributed by atoms with Crippen molar-refractivity contribution in [1.29, 1.82) is 0 Å². The fourth-order valence-corrected chi connectivity index (χ4v) is 3.21. The molecule has 4 N–H and O–H groups in total. The Labute approximate surface area is 142 Å². The molecule has 1 aromatic rings. The predicted octanol–water partition coefficient (Wildman–Crippen LogP) is 0.470. The normalized spacial score (nSPS) is 19.5. The number of rotatable bonds is 8. The zero-order valence-corrected chi connectivity index (χ0v) is 13.8. The topological polar surface area (TPSA) is 101 Å². The Bertz CT molecular complexity index is 503. The van der Waals surface area contributed by atoms with Crippen LogP contribution < -0.4 is 4.90 Å². The summed E-state index contributed by atoms with van der Waals surface area (Å²) in [6.45, 7) is -0.748. The second kappa shape index (κ2) is 9.13. The molecule has 0 bridgehead atoms. The fraction of sp³-hybridized carbons (Fsp3) is 0.611. The lowest BCUT2D eigenvalue weighted by Crippen LogP contribution is -2.49. The monoisotopic (exact) mass is 337 g/mol. The lowest BCUT2D eigenvalue weighted by Gasteiger charge is -2.36. The highest BCUT2D eigenvalue weighted by Crippen LogP contribution is 2.27. The molecule has 1 aliphatic rings. The van der Waals surface area contributed by atoms with Gasteiger partial charge in [-0.1, -0.05) is 37.5 Å². The highest BCUT2D eigenvalue weighted by atomic mass is 16.4. The van der Waals surface area contributed by atoms with E-state index in [1.54, 1.807) is 0 Å². The van der Waals surface area contributed by atoms with Gasteiger partial charge in [0.1, 0.15) is 18.3 Å². The number of ketones is 1. The number of aliphatic hydroxyl groups is 4. The molecule has 134 valence electrons. The third kappa shape index (κ3) is 4.77. The fourth-order valence-electron chi connectivity index (χ4n) is 3.21. The van der Waals surface area contributed by atoms with Crippen LogP contribution in [0.15, 0.2) is 30.3 Å². The van der Waals surface area contributed by atoms with E-state index in [9.17, 15) is 20.1 Å². The van der Waals surface area contributed by atoms with Gasteiger partial charge in [-0.3, -0.25) is 4.79 Å². The number of aliphatic hydroxyl groups excluding tert-OH is 4. The number of nitrogens with zero attached hydrogens (tertiary/aromatic N) is 1. The molecule has 0 radical (unpaired) electrons. The Kier molecular flexibility index (Phi) is 7.17. The van der Waals surface area contributed by atoms with Crippen LogP contribution in [0.2, 0.25) is 0 Å². The van der Waals surface area contributed by atoms with Crippen molar-refractivity contribution in [3.63, 3.8) is 0 Å². The summed E-state index contributed by atoms with van der Waals surface area (Å²) in [6.07, 6.45) is 0.432. The second-order valence-corrected chi connectivity index (χ2v) is 6.41. The van der Waals surface area contributed by atoms with E-state index in [-0.39, 0.29) is 12.6 Å². The van der Waals surface area contributed by atoms with Crippen molar-refractivity contribution in [3.8, 4) is 0 Å². The SMILES string of the molecule is O=C(CN(c1ccccc1)C1CCCCC1)[C@@H](O)[C@H](O)[C@H](O)CO. The van der Waals surface area contributed by atoms with Crippen molar-refractivity contribution >= 4 is 11.5 Å². The van der Waals surface area contributed by atoms with Crippen molar-refractivity contribution in [2.24, 2.45) is 0 Å². The van der Waals surface area contributed by atoms with E-state index in [4.69, 9.17) is 5.11 Å². The third-order valence-corrected chi connectivity index (χ3v) is 4.66. The standard InChI is InChI=1S/C18H27NO5/c20-12-16(22)18(24)17(23)15(21)11-19(13-7-3-1-4-8-13)14-9-5-2-6-10-14/h1,3-4,7-8,14,16-18,20,22-24H,2,5-6,9-12H2/t16-,17-,18-/m1/s1. The molecule has 1 aliphatic carbocycles. The summed E-state index contributed by atoms with van der Waals surface area (Å²) in [5.74, 6) is -0.565. The largest absolute Gasteiger partial charge is 0.394 e. The van der Waals surface area contributed by atoms with Crippen LogP contribution in [-0.4, -0.2) is 63.7 Å². The molecule has 6 nitrogen and oxygen atoms in total. The summed E-state index contributed by atoms with van der Waals surface area (Å²) in [4.78, 5) is 14.4. The molecular formula is C18H27NO5. The number of hydrogen-bond acceptors (Lipinski definition) is 6. The van der Waals surface area contributed by atoms with Crippen LogP contribution in [-0.2, 0) is 4.79 Å². The lowest BCUT2D eigenvalue weighted by atomic mass is 9.93. The number of para-hydroxylation sites is 1. The Balaban J connectivity index is 2.11. The van der Waals surface area contributed by atoms with E-state index in [0.717, 1.165) is 31.4 Å². The van der Waals surface area contributed by atoms with Gasteiger partial charge >= 0.3 is 0 Å². The van der Waals surface area contributed by atoms with Gasteiger partial charge in [0.2, 0.25) is 0 Å². The number of benzene rings is 1. The van der Waals surface area contributed by atoms with Crippen LogP contribution in [0.1, 0.15) is 32.1 Å². The molecule has 1 fully saturated rings. The molecular weight excluding hydrogens is 310 g/mol. The maximum Gasteiger partial charge on any atom is 0.183 e. The molecule has 0 aliphatic heterocycles. The molecule has 2 rings (SSSR count). The summed E-state index contributed by atoms with van der Waals surface area (Å²) >= 11 is 0. The van der Waals surface area contributed by atoms with Crippen LogP contribution in [0.3, 0.4) is 0 Å². The van der Waals surface area contributed by atoms with E-state index in [1.807, 2.05) is 35.2 Å². The minimum Gasteiger partial charge on any atom is -0.394 e. The summed E-state index contributed by atoms with van der Waals surface area (Å²) < 4.78 is 0. The van der Waals surface area contributed by atoms with Gasteiger partial charge in [-0.25, -0.2) is 0 Å². The third-order valence-electron chi connectivity index (χ3n) is 4.66. The first-order valence-corrected chi connectivity index (χ1v) is 8.54. The first kappa shape index (κ1) is 18.9. The van der Waals surface area contributed by atoms with Gasteiger partial charge in [-0.2, -0.15) is 0 Å². The lowest BCUT2D eigenvalue weighted by molar-refractivity contribution is -0.138. The predicted molar refractivity (Wildman–Crippen MR) is 90.8 cm³/mol. The van der Waals surface area contributed by atoms with E-state index in [2.05, 4.69) is 0 Å². The molecule has 0 unspecified atom stereocenters. The average molecular weight is 337 g/mol. The van der Waals surface area contributed by atoms with Gasteiger partial charge in [0, 0.05) is 11.7 Å². The smallest absolute Gasteiger partial charge is 0.183 e. The van der Waals surface area contributed by atoms with E-state index >= 15 is 0 Å². The Morgan fingerprint density at radius 3 is 2.29 bits per heavy atom. The van der Waals surface area contributed by atoms with Crippen molar-refractivity contribution in [2.75, 3.05) is 18.1 Å². The Hall–Kier alpha value is -1.47. The minimum atomic E-state index is -1.72. The van der Waals surface area contributed by atoms with Gasteiger partial charge in [0.25, 0.3) is 0 Å². The number of carbonyl (C=O) groups is 1. The first-order chi connectivity index (χ1) is 11.5. The number of carbonyl (C=O) groups excluding carboxylic acids is 1. The van der Waals surface area contributed by atoms with Crippen LogP contribution in [0.25, 0.3) is 0 Å². The van der Waals surface area contributed by atoms with Crippen LogP contribution in [0.4, 0.5) is 5.69 Å². The number of Topliss-reactive ketones (excluding diaryl/α,β-unsaturated/α-hetero) is 1. The van der Waals surface area contributed by atoms with Crippen LogP contribution in [0, 0.1) is 0 Å².